The van der Waals surface area contributed by atoms with E-state index in [-0.39, 0.29) is 23.2 Å². The van der Waals surface area contributed by atoms with Crippen LogP contribution in [0.5, 0.6) is 0 Å². The molecule has 0 bridgehead atoms. The molecular weight excluding hydrogens is 292 g/mol. The Morgan fingerprint density at radius 3 is 2.32 bits per heavy atom. The van der Waals surface area contributed by atoms with E-state index >= 15 is 0 Å². The fourth-order valence-corrected chi connectivity index (χ4v) is 3.12. The number of esters is 1. The monoisotopic (exact) mass is 326 g/mol. The molecule has 22 heavy (non-hydrogen) atoms. The minimum Gasteiger partial charge on any atom is -0.462 e. The molecule has 0 spiro atoms. The number of hydrogen-bond acceptors (Lipinski definition) is 3. The van der Waals surface area contributed by atoms with E-state index in [9.17, 15) is 4.79 Å². The Morgan fingerprint density at radius 2 is 1.86 bits per heavy atom. The van der Waals surface area contributed by atoms with Crippen molar-refractivity contribution >= 4 is 14.3 Å². The molecule has 0 fully saturated rings. The average molecular weight is 327 g/mol. The van der Waals surface area contributed by atoms with Crippen LogP contribution in [0.2, 0.25) is 18.1 Å². The lowest BCUT2D eigenvalue weighted by Crippen LogP contribution is -2.43. The molecule has 0 N–H and O–H groups in total. The van der Waals surface area contributed by atoms with Crippen molar-refractivity contribution in [3.8, 4) is 0 Å². The minimum atomic E-state index is -1.80. The molecule has 0 saturated carbocycles. The molecule has 0 aliphatic heterocycles. The summed E-state index contributed by atoms with van der Waals surface area (Å²) in [7, 11) is -1.80. The number of hydrogen-bond donors (Lipinski definition) is 0. The maximum atomic E-state index is 11.7. The molecule has 128 valence electrons. The van der Waals surface area contributed by atoms with Crippen molar-refractivity contribution in [3.63, 3.8) is 0 Å². The Kier molecular flexibility index (Phi) is 8.94. The van der Waals surface area contributed by atoms with Crippen LogP contribution in [0.4, 0.5) is 0 Å². The maximum absolute atomic E-state index is 11.7. The zero-order valence-corrected chi connectivity index (χ0v) is 16.3. The molecule has 0 amide bonds. The highest BCUT2D eigenvalue weighted by Crippen LogP contribution is 2.37. The predicted molar refractivity (Wildman–Crippen MR) is 96.5 cm³/mol. The highest BCUT2D eigenvalue weighted by molar-refractivity contribution is 6.74. The fourth-order valence-electron chi connectivity index (χ4n) is 1.79. The number of carbonyl (C=O) groups excluding carboxylic acids is 1. The van der Waals surface area contributed by atoms with Gasteiger partial charge in [0.15, 0.2) is 8.32 Å². The van der Waals surface area contributed by atoms with Gasteiger partial charge in [-0.15, -0.1) is 13.2 Å². The zero-order valence-electron chi connectivity index (χ0n) is 15.3. The van der Waals surface area contributed by atoms with E-state index in [0.717, 1.165) is 12.8 Å². The van der Waals surface area contributed by atoms with Gasteiger partial charge in [-0.3, -0.25) is 4.79 Å². The first kappa shape index (κ1) is 21.1. The number of ether oxygens (including phenoxy) is 1. The summed E-state index contributed by atoms with van der Waals surface area (Å²) in [6.45, 7) is 20.5. The van der Waals surface area contributed by atoms with Gasteiger partial charge in [0.25, 0.3) is 0 Å². The molecule has 2 atom stereocenters. The van der Waals surface area contributed by atoms with Gasteiger partial charge in [0, 0.05) is 12.8 Å². The van der Waals surface area contributed by atoms with Gasteiger partial charge in [0.05, 0.1) is 6.10 Å². The molecule has 0 heterocycles. The van der Waals surface area contributed by atoms with Crippen molar-refractivity contribution in [1.82, 2.24) is 0 Å². The lowest BCUT2D eigenvalue weighted by Gasteiger charge is -2.38. The summed E-state index contributed by atoms with van der Waals surface area (Å²) in [5, 5.41) is 0.174. The molecule has 0 aliphatic carbocycles. The predicted octanol–water partition coefficient (Wildman–Crippen LogP) is 5.24. The van der Waals surface area contributed by atoms with Crippen LogP contribution in [-0.4, -0.2) is 26.5 Å². The van der Waals surface area contributed by atoms with Crippen LogP contribution in [0, 0.1) is 0 Å². The summed E-state index contributed by atoms with van der Waals surface area (Å²) in [6.07, 6.45) is 6.21. The lowest BCUT2D eigenvalue weighted by molar-refractivity contribution is -0.148. The molecular formula is C18H34O3Si. The van der Waals surface area contributed by atoms with E-state index in [2.05, 4.69) is 47.0 Å². The van der Waals surface area contributed by atoms with Crippen molar-refractivity contribution in [2.45, 2.75) is 83.7 Å². The van der Waals surface area contributed by atoms with Crippen molar-refractivity contribution in [2.75, 3.05) is 0 Å². The van der Waals surface area contributed by atoms with Crippen molar-refractivity contribution in [1.29, 1.82) is 0 Å². The molecule has 0 aromatic heterocycles. The summed E-state index contributed by atoms with van der Waals surface area (Å²) in [6, 6.07) is 0. The molecule has 0 aromatic rings. The second-order valence-electron chi connectivity index (χ2n) is 7.37. The Hall–Kier alpha value is -0.873. The van der Waals surface area contributed by atoms with Crippen LogP contribution in [0.15, 0.2) is 25.3 Å². The number of carbonyl (C=O) groups is 1. The third-order valence-corrected chi connectivity index (χ3v) is 8.72. The van der Waals surface area contributed by atoms with Crippen LogP contribution in [0.25, 0.3) is 0 Å². The molecule has 0 aromatic carbocycles. The first-order chi connectivity index (χ1) is 10.0. The fraction of sp³-hybridized carbons (Fsp3) is 0.722. The third-order valence-electron chi connectivity index (χ3n) is 4.22. The van der Waals surface area contributed by atoms with Crippen molar-refractivity contribution in [2.24, 2.45) is 0 Å². The summed E-state index contributed by atoms with van der Waals surface area (Å²) in [5.74, 6) is -0.149. The third kappa shape index (κ3) is 7.94. The molecule has 3 nitrogen and oxygen atoms in total. The summed E-state index contributed by atoms with van der Waals surface area (Å²) in [4.78, 5) is 11.7. The van der Waals surface area contributed by atoms with E-state index in [1.807, 2.05) is 13.0 Å². The SMILES string of the molecule is C=CC[C@@H](C)OC(=O)CCC[C@H](C=C)O[Si](C)(C)C(C)(C)C. The van der Waals surface area contributed by atoms with Crippen LogP contribution >= 0.6 is 0 Å². The van der Waals surface area contributed by atoms with Crippen LogP contribution in [0.3, 0.4) is 0 Å². The summed E-state index contributed by atoms with van der Waals surface area (Å²) in [5.41, 5.74) is 0. The van der Waals surface area contributed by atoms with Crippen LogP contribution in [-0.2, 0) is 14.0 Å². The molecule has 0 saturated heterocycles. The van der Waals surface area contributed by atoms with E-state index in [4.69, 9.17) is 9.16 Å². The van der Waals surface area contributed by atoms with Gasteiger partial charge in [-0.2, -0.15) is 0 Å². The topological polar surface area (TPSA) is 35.5 Å². The molecule has 0 unspecified atom stereocenters. The normalized spacial score (nSPS) is 15.0. The standard InChI is InChI=1S/C18H34O3Si/c1-9-12-15(3)20-17(19)14-11-13-16(10-2)21-22(7,8)18(4,5)6/h9-10,15-16H,1-2,11-14H2,3-8H3/t15-,16+/m1/s1. The maximum Gasteiger partial charge on any atom is 0.306 e. The molecule has 0 rings (SSSR count). The van der Waals surface area contributed by atoms with E-state index < -0.39 is 8.32 Å². The smallest absolute Gasteiger partial charge is 0.306 e. The largest absolute Gasteiger partial charge is 0.462 e. The first-order valence-corrected chi connectivity index (χ1v) is 11.0. The Labute approximate surface area is 137 Å². The Balaban J connectivity index is 4.24. The van der Waals surface area contributed by atoms with E-state index in [0.29, 0.717) is 12.8 Å². The zero-order chi connectivity index (χ0) is 17.4. The second-order valence-corrected chi connectivity index (χ2v) is 12.1. The van der Waals surface area contributed by atoms with Gasteiger partial charge in [0.2, 0.25) is 0 Å². The number of rotatable bonds is 10. The van der Waals surface area contributed by atoms with Gasteiger partial charge < -0.3 is 9.16 Å². The van der Waals surface area contributed by atoms with Gasteiger partial charge in [0.1, 0.15) is 6.10 Å². The van der Waals surface area contributed by atoms with Gasteiger partial charge >= 0.3 is 5.97 Å². The summed E-state index contributed by atoms with van der Waals surface area (Å²) >= 11 is 0. The highest BCUT2D eigenvalue weighted by Gasteiger charge is 2.38. The first-order valence-electron chi connectivity index (χ1n) is 8.14. The van der Waals surface area contributed by atoms with E-state index in [1.165, 1.54) is 0 Å². The lowest BCUT2D eigenvalue weighted by atomic mass is 10.1. The van der Waals surface area contributed by atoms with Crippen LogP contribution < -0.4 is 0 Å². The molecule has 0 radical (unpaired) electrons. The quantitative estimate of drug-likeness (QED) is 0.313. The van der Waals surface area contributed by atoms with E-state index in [1.54, 1.807) is 6.08 Å². The Morgan fingerprint density at radius 1 is 1.27 bits per heavy atom. The van der Waals surface area contributed by atoms with Gasteiger partial charge in [-0.05, 0) is 37.9 Å². The van der Waals surface area contributed by atoms with Gasteiger partial charge in [-0.25, -0.2) is 0 Å². The van der Waals surface area contributed by atoms with Crippen LogP contribution in [0.1, 0.15) is 53.4 Å². The van der Waals surface area contributed by atoms with Crippen molar-refractivity contribution in [3.05, 3.63) is 25.3 Å². The Bertz CT molecular complexity index is 369. The van der Waals surface area contributed by atoms with Crippen molar-refractivity contribution < 1.29 is 14.0 Å². The minimum absolute atomic E-state index is 0.0132. The second kappa shape index (κ2) is 9.31. The molecule has 4 heteroatoms. The average Bonchev–Trinajstić information content (AvgIpc) is 2.36. The molecule has 0 aliphatic rings. The van der Waals surface area contributed by atoms with Gasteiger partial charge in [-0.1, -0.05) is 32.9 Å². The highest BCUT2D eigenvalue weighted by atomic mass is 28.4. The summed E-state index contributed by atoms with van der Waals surface area (Å²) < 4.78 is 11.6.